The van der Waals surface area contributed by atoms with Crippen LogP contribution in [0, 0.1) is 9.52 Å². The zero-order chi connectivity index (χ0) is 17.4. The second kappa shape index (κ2) is 6.68. The molecule has 1 fully saturated rings. The van der Waals surface area contributed by atoms with E-state index in [1.165, 1.54) is 12.1 Å². The summed E-state index contributed by atoms with van der Waals surface area (Å²) in [6.07, 6.45) is 5.19. The molecule has 3 aromatic rings. The fraction of sp³-hybridized carbons (Fsp3) is 0.235. The van der Waals surface area contributed by atoms with Crippen LogP contribution in [0.15, 0.2) is 36.8 Å². The largest absolute Gasteiger partial charge is 0.378 e. The maximum Gasteiger partial charge on any atom is 0.256 e. The second-order valence-electron chi connectivity index (χ2n) is 5.68. The van der Waals surface area contributed by atoms with Crippen LogP contribution in [0.4, 0.5) is 4.39 Å². The lowest BCUT2D eigenvalue weighted by Crippen LogP contribution is -2.41. The van der Waals surface area contributed by atoms with Crippen LogP contribution in [0.5, 0.6) is 0 Å². The van der Waals surface area contributed by atoms with Crippen LogP contribution in [0.3, 0.4) is 0 Å². The molecular weight excluding hydrogens is 438 g/mol. The Balaban J connectivity index is 1.66. The van der Waals surface area contributed by atoms with Gasteiger partial charge in [-0.15, -0.1) is 0 Å². The van der Waals surface area contributed by atoms with Gasteiger partial charge in [-0.3, -0.25) is 14.2 Å². The molecule has 1 aliphatic heterocycles. The molecule has 0 saturated carbocycles. The molecule has 0 aliphatic carbocycles. The maximum absolute atomic E-state index is 14.5. The summed E-state index contributed by atoms with van der Waals surface area (Å²) in [6, 6.07) is 4.59. The molecule has 6 nitrogen and oxygen atoms in total. The van der Waals surface area contributed by atoms with Gasteiger partial charge >= 0.3 is 0 Å². The molecule has 1 saturated heterocycles. The number of nitrogens with zero attached hydrogens (tertiary/aromatic N) is 4. The Morgan fingerprint density at radius 2 is 2.00 bits per heavy atom. The van der Waals surface area contributed by atoms with E-state index in [2.05, 4.69) is 32.6 Å². The molecule has 0 bridgehead atoms. The van der Waals surface area contributed by atoms with E-state index in [1.54, 1.807) is 23.4 Å². The first kappa shape index (κ1) is 16.4. The van der Waals surface area contributed by atoms with Gasteiger partial charge in [-0.2, -0.15) is 0 Å². The van der Waals surface area contributed by atoms with E-state index in [0.29, 0.717) is 37.6 Å². The van der Waals surface area contributed by atoms with Gasteiger partial charge in [-0.25, -0.2) is 9.37 Å². The van der Waals surface area contributed by atoms with Crippen LogP contribution in [0.2, 0.25) is 0 Å². The molecule has 0 unspecified atom stereocenters. The van der Waals surface area contributed by atoms with E-state index in [1.807, 2.05) is 10.6 Å². The summed E-state index contributed by atoms with van der Waals surface area (Å²) in [7, 11) is 0. The molecule has 25 heavy (non-hydrogen) atoms. The number of halogens is 2. The molecule has 0 radical (unpaired) electrons. The minimum atomic E-state index is -0.545. The molecule has 3 heterocycles. The Morgan fingerprint density at radius 1 is 1.20 bits per heavy atom. The second-order valence-corrected chi connectivity index (χ2v) is 6.79. The molecule has 1 aromatic carbocycles. The van der Waals surface area contributed by atoms with Gasteiger partial charge in [-0.05, 0) is 34.7 Å². The van der Waals surface area contributed by atoms with Gasteiger partial charge in [0.05, 0.1) is 36.9 Å². The number of amides is 1. The lowest BCUT2D eigenvalue weighted by Gasteiger charge is -2.27. The van der Waals surface area contributed by atoms with Crippen molar-refractivity contribution in [2.45, 2.75) is 0 Å². The van der Waals surface area contributed by atoms with Gasteiger partial charge in [0, 0.05) is 24.8 Å². The third-order valence-corrected chi connectivity index (χ3v) is 4.94. The minimum absolute atomic E-state index is 0.0731. The standard InChI is InChI=1S/C17H14FIN4O2/c18-13-7-11(14-10-23-15(19)8-21-16(23)9-20-14)1-2-12(13)17(24)22-3-5-25-6-4-22/h1-2,7-10H,3-6H2. The van der Waals surface area contributed by atoms with Gasteiger partial charge in [0.1, 0.15) is 9.52 Å². The molecule has 1 aliphatic rings. The number of imidazole rings is 1. The summed E-state index contributed by atoms with van der Waals surface area (Å²) < 4.78 is 22.6. The summed E-state index contributed by atoms with van der Waals surface area (Å²) in [5.41, 5.74) is 2.03. The molecule has 4 rings (SSSR count). The van der Waals surface area contributed by atoms with Gasteiger partial charge in [0.2, 0.25) is 0 Å². The van der Waals surface area contributed by atoms with Crippen molar-refractivity contribution in [1.29, 1.82) is 0 Å². The van der Waals surface area contributed by atoms with E-state index in [0.717, 1.165) is 9.35 Å². The third-order valence-electron chi connectivity index (χ3n) is 4.14. The summed E-state index contributed by atoms with van der Waals surface area (Å²) >= 11 is 2.17. The lowest BCUT2D eigenvalue weighted by molar-refractivity contribution is 0.0300. The van der Waals surface area contributed by atoms with Crippen LogP contribution < -0.4 is 0 Å². The van der Waals surface area contributed by atoms with Crippen molar-refractivity contribution >= 4 is 34.1 Å². The average molecular weight is 452 g/mol. The van der Waals surface area contributed by atoms with Gasteiger partial charge in [-0.1, -0.05) is 6.07 Å². The van der Waals surface area contributed by atoms with Crippen molar-refractivity contribution in [2.75, 3.05) is 26.3 Å². The summed E-state index contributed by atoms with van der Waals surface area (Å²) in [4.78, 5) is 22.6. The van der Waals surface area contributed by atoms with Crippen LogP contribution in [-0.2, 0) is 4.74 Å². The van der Waals surface area contributed by atoms with Crippen LogP contribution in [0.25, 0.3) is 16.9 Å². The van der Waals surface area contributed by atoms with E-state index in [9.17, 15) is 9.18 Å². The monoisotopic (exact) mass is 452 g/mol. The molecular formula is C17H14FIN4O2. The van der Waals surface area contributed by atoms with E-state index in [-0.39, 0.29) is 11.5 Å². The topological polar surface area (TPSA) is 59.7 Å². The number of morpholine rings is 1. The van der Waals surface area contributed by atoms with Crippen molar-refractivity contribution < 1.29 is 13.9 Å². The number of rotatable bonds is 2. The molecule has 2 aromatic heterocycles. The van der Waals surface area contributed by atoms with E-state index in [4.69, 9.17) is 4.74 Å². The number of ether oxygens (including phenoxy) is 1. The van der Waals surface area contributed by atoms with E-state index < -0.39 is 5.82 Å². The Labute approximate surface area is 156 Å². The number of hydrogen-bond acceptors (Lipinski definition) is 4. The van der Waals surface area contributed by atoms with Gasteiger partial charge < -0.3 is 9.64 Å². The number of benzene rings is 1. The summed E-state index contributed by atoms with van der Waals surface area (Å²) in [5.74, 6) is -0.851. The lowest BCUT2D eigenvalue weighted by atomic mass is 10.1. The number of fused-ring (bicyclic) bond motifs is 1. The van der Waals surface area contributed by atoms with Crippen LogP contribution in [-0.4, -0.2) is 51.5 Å². The molecule has 128 valence electrons. The molecule has 1 amide bonds. The molecule has 0 spiro atoms. The number of hydrogen-bond donors (Lipinski definition) is 0. The summed E-state index contributed by atoms with van der Waals surface area (Å²) in [5, 5.41) is 0. The maximum atomic E-state index is 14.5. The predicted octanol–water partition coefficient (Wildman–Crippen LogP) is 2.61. The Kier molecular flexibility index (Phi) is 4.38. The van der Waals surface area contributed by atoms with Gasteiger partial charge in [0.15, 0.2) is 5.65 Å². The Bertz CT molecular complexity index is 953. The first-order valence-corrected chi connectivity index (χ1v) is 8.87. The quantitative estimate of drug-likeness (QED) is 0.562. The Morgan fingerprint density at radius 3 is 2.76 bits per heavy atom. The highest BCUT2D eigenvalue weighted by Crippen LogP contribution is 2.22. The van der Waals surface area contributed by atoms with Crippen molar-refractivity contribution in [1.82, 2.24) is 19.3 Å². The highest BCUT2D eigenvalue weighted by Gasteiger charge is 2.21. The first-order chi connectivity index (χ1) is 12.1. The predicted molar refractivity (Wildman–Crippen MR) is 97.8 cm³/mol. The smallest absolute Gasteiger partial charge is 0.256 e. The Hall–Kier alpha value is -2.07. The number of carbonyl (C=O) groups is 1. The number of carbonyl (C=O) groups excluding carboxylic acids is 1. The third kappa shape index (κ3) is 3.11. The number of aromatic nitrogens is 3. The molecule has 0 N–H and O–H groups in total. The van der Waals surface area contributed by atoms with Crippen LogP contribution in [0.1, 0.15) is 10.4 Å². The highest BCUT2D eigenvalue weighted by atomic mass is 127. The minimum Gasteiger partial charge on any atom is -0.378 e. The SMILES string of the molecule is O=C(c1ccc(-c2cn3c(I)cnc3cn2)cc1F)N1CCOCC1. The normalized spacial score (nSPS) is 14.9. The fourth-order valence-electron chi connectivity index (χ4n) is 2.79. The van der Waals surface area contributed by atoms with Crippen LogP contribution >= 0.6 is 22.6 Å². The van der Waals surface area contributed by atoms with Crippen molar-refractivity contribution in [3.8, 4) is 11.3 Å². The zero-order valence-electron chi connectivity index (χ0n) is 13.2. The average Bonchev–Trinajstić information content (AvgIpc) is 3.02. The van der Waals surface area contributed by atoms with Gasteiger partial charge in [0.25, 0.3) is 5.91 Å². The van der Waals surface area contributed by atoms with Crippen molar-refractivity contribution in [2.24, 2.45) is 0 Å². The zero-order valence-corrected chi connectivity index (χ0v) is 15.3. The van der Waals surface area contributed by atoms with E-state index >= 15 is 0 Å². The summed E-state index contributed by atoms with van der Waals surface area (Å²) in [6.45, 7) is 1.94. The first-order valence-electron chi connectivity index (χ1n) is 7.79. The fourth-order valence-corrected chi connectivity index (χ4v) is 3.32. The van der Waals surface area contributed by atoms with Crippen molar-refractivity contribution in [3.05, 3.63) is 51.9 Å². The van der Waals surface area contributed by atoms with Crippen molar-refractivity contribution in [3.63, 3.8) is 0 Å². The molecule has 8 heteroatoms. The molecule has 0 atom stereocenters. The highest BCUT2D eigenvalue weighted by molar-refractivity contribution is 14.1.